The van der Waals surface area contributed by atoms with Gasteiger partial charge in [-0.3, -0.25) is 34.3 Å². The number of likely N-dealkylation sites (tertiary alicyclic amines) is 2. The number of ether oxygens (including phenoxy) is 2. The molecule has 2 saturated heterocycles. The maximum atomic E-state index is 14.2. The SMILES string of the molecule is CC[C@H](C)[C@@H]([C@@H](CC(=O)N1CCC[C@H]1[C@H](OC)[C@@H](C)C(=O)N[C@@H](Cc1ccccc1)C(=O)O)OC)N(C)[C@H](C(=O)NC(=O)[C@@]1(C)CCCN1C)C(C)C. The fraction of sp³-hybridized carbons (Fsp3) is 0.725. The van der Waals surface area contributed by atoms with Gasteiger partial charge in [-0.25, -0.2) is 4.79 Å². The molecule has 0 bridgehead atoms. The van der Waals surface area contributed by atoms with E-state index in [9.17, 15) is 29.1 Å². The molecular formula is C40H65N5O8. The molecule has 0 spiro atoms. The summed E-state index contributed by atoms with van der Waals surface area (Å²) in [6, 6.07) is 6.60. The summed E-state index contributed by atoms with van der Waals surface area (Å²) in [5, 5.41) is 15.3. The maximum absolute atomic E-state index is 14.2. The van der Waals surface area contributed by atoms with E-state index in [4.69, 9.17) is 9.47 Å². The van der Waals surface area contributed by atoms with Crippen molar-refractivity contribution in [1.82, 2.24) is 25.3 Å². The fourth-order valence-electron chi connectivity index (χ4n) is 8.39. The molecule has 2 aliphatic rings. The van der Waals surface area contributed by atoms with Gasteiger partial charge in [-0.1, -0.05) is 71.4 Å². The van der Waals surface area contributed by atoms with Crippen LogP contribution in [-0.2, 0) is 39.9 Å². The van der Waals surface area contributed by atoms with E-state index in [0.717, 1.165) is 31.4 Å². The van der Waals surface area contributed by atoms with Gasteiger partial charge in [0.05, 0.1) is 42.2 Å². The summed E-state index contributed by atoms with van der Waals surface area (Å²) in [6.45, 7) is 12.9. The number of aliphatic carboxylic acids is 1. The maximum Gasteiger partial charge on any atom is 0.326 e. The molecule has 2 aliphatic heterocycles. The van der Waals surface area contributed by atoms with E-state index >= 15 is 0 Å². The van der Waals surface area contributed by atoms with Crippen molar-refractivity contribution in [3.05, 3.63) is 35.9 Å². The lowest BCUT2D eigenvalue weighted by Crippen LogP contribution is -2.61. The molecule has 1 aromatic rings. The van der Waals surface area contributed by atoms with Gasteiger partial charge in [-0.15, -0.1) is 0 Å². The number of hydrogen-bond donors (Lipinski definition) is 3. The lowest BCUT2D eigenvalue weighted by molar-refractivity contribution is -0.146. The quantitative estimate of drug-likeness (QED) is 0.192. The van der Waals surface area contributed by atoms with Gasteiger partial charge in [-0.2, -0.15) is 0 Å². The highest BCUT2D eigenvalue weighted by Crippen LogP contribution is 2.31. The van der Waals surface area contributed by atoms with Crippen molar-refractivity contribution < 1.29 is 38.6 Å². The van der Waals surface area contributed by atoms with Crippen LogP contribution in [0.3, 0.4) is 0 Å². The minimum atomic E-state index is -1.13. The minimum Gasteiger partial charge on any atom is -0.480 e. The monoisotopic (exact) mass is 743 g/mol. The average Bonchev–Trinajstić information content (AvgIpc) is 3.74. The van der Waals surface area contributed by atoms with E-state index in [1.165, 1.54) is 7.11 Å². The molecule has 13 nitrogen and oxygen atoms in total. The predicted molar refractivity (Wildman–Crippen MR) is 203 cm³/mol. The molecule has 3 rings (SSSR count). The van der Waals surface area contributed by atoms with Gasteiger partial charge in [0, 0.05) is 33.2 Å². The van der Waals surface area contributed by atoms with Crippen LogP contribution in [0.4, 0.5) is 0 Å². The number of carboxylic acids is 1. The Morgan fingerprint density at radius 1 is 1.00 bits per heavy atom. The molecule has 298 valence electrons. The summed E-state index contributed by atoms with van der Waals surface area (Å²) in [6.07, 6.45) is 2.60. The smallest absolute Gasteiger partial charge is 0.326 e. The van der Waals surface area contributed by atoms with Crippen molar-refractivity contribution >= 4 is 29.6 Å². The number of rotatable bonds is 19. The van der Waals surface area contributed by atoms with Crippen molar-refractivity contribution in [3.63, 3.8) is 0 Å². The number of likely N-dealkylation sites (N-methyl/N-ethyl adjacent to an activating group) is 2. The Kier molecular flexibility index (Phi) is 16.4. The van der Waals surface area contributed by atoms with Gasteiger partial charge >= 0.3 is 5.97 Å². The van der Waals surface area contributed by atoms with Crippen molar-refractivity contribution in [2.24, 2.45) is 17.8 Å². The second kappa shape index (κ2) is 19.8. The summed E-state index contributed by atoms with van der Waals surface area (Å²) in [4.78, 5) is 72.8. The number of nitrogens with one attached hydrogen (secondary N) is 2. The number of amides is 4. The topological polar surface area (TPSA) is 158 Å². The van der Waals surface area contributed by atoms with Crippen LogP contribution in [-0.4, -0.2) is 133 Å². The summed E-state index contributed by atoms with van der Waals surface area (Å²) in [7, 11) is 6.85. The molecule has 0 aromatic heterocycles. The molecule has 0 saturated carbocycles. The lowest BCUT2D eigenvalue weighted by atomic mass is 9.87. The lowest BCUT2D eigenvalue weighted by Gasteiger charge is -2.43. The Labute approximate surface area is 316 Å². The van der Waals surface area contributed by atoms with Crippen LogP contribution in [0.2, 0.25) is 0 Å². The van der Waals surface area contributed by atoms with Crippen LogP contribution >= 0.6 is 0 Å². The van der Waals surface area contributed by atoms with Gasteiger partial charge in [0.2, 0.25) is 23.6 Å². The number of imide groups is 1. The number of carbonyl (C=O) groups is 5. The zero-order valence-corrected chi connectivity index (χ0v) is 33.6. The number of benzene rings is 1. The molecule has 1 aromatic carbocycles. The Morgan fingerprint density at radius 2 is 1.66 bits per heavy atom. The van der Waals surface area contributed by atoms with Crippen LogP contribution in [0.1, 0.15) is 85.6 Å². The van der Waals surface area contributed by atoms with Crippen LogP contribution in [0.25, 0.3) is 0 Å². The highest BCUT2D eigenvalue weighted by Gasteiger charge is 2.46. The molecular weight excluding hydrogens is 678 g/mol. The average molecular weight is 744 g/mol. The van der Waals surface area contributed by atoms with Crippen molar-refractivity contribution in [1.29, 1.82) is 0 Å². The van der Waals surface area contributed by atoms with E-state index in [1.54, 1.807) is 18.9 Å². The first-order valence-electron chi connectivity index (χ1n) is 19.2. The van der Waals surface area contributed by atoms with Crippen LogP contribution < -0.4 is 10.6 Å². The highest BCUT2D eigenvalue weighted by atomic mass is 16.5. The predicted octanol–water partition coefficient (Wildman–Crippen LogP) is 3.34. The summed E-state index contributed by atoms with van der Waals surface area (Å²) in [5.41, 5.74) is 0.0377. The molecule has 0 radical (unpaired) electrons. The van der Waals surface area contributed by atoms with Crippen molar-refractivity contribution in [2.45, 2.75) is 128 Å². The van der Waals surface area contributed by atoms with Gasteiger partial charge in [0.25, 0.3) is 0 Å². The van der Waals surface area contributed by atoms with E-state index in [-0.39, 0.29) is 48.4 Å². The summed E-state index contributed by atoms with van der Waals surface area (Å²) >= 11 is 0. The Hall–Kier alpha value is -3.39. The molecule has 53 heavy (non-hydrogen) atoms. The van der Waals surface area contributed by atoms with E-state index in [1.807, 2.05) is 75.0 Å². The molecule has 9 atom stereocenters. The standard InChI is InChI=1S/C40H65N5O8/c1-11-26(4)34(44(8)33(25(2)3)37(48)42-39(51)40(6)20-16-21-43(40)7)31(52-9)24-32(46)45-22-15-19-30(45)35(53-10)27(5)36(47)41-29(38(49)50)23-28-17-13-12-14-18-28/h12-14,17-18,25-27,29-31,33-35H,11,15-16,19-24H2,1-10H3,(H,41,47)(H,49,50)(H,42,48,51)/t26-,27+,29-,30-,31+,33-,34-,35+,40+/m0/s1. The first-order chi connectivity index (χ1) is 25.0. The number of hydrogen-bond acceptors (Lipinski definition) is 9. The van der Waals surface area contributed by atoms with Gasteiger partial charge in [0.15, 0.2) is 0 Å². The number of nitrogens with zero attached hydrogens (tertiary/aromatic N) is 3. The Bertz CT molecular complexity index is 1390. The van der Waals surface area contributed by atoms with E-state index in [2.05, 4.69) is 24.5 Å². The molecule has 0 aliphatic carbocycles. The Balaban J connectivity index is 1.77. The van der Waals surface area contributed by atoms with Crippen LogP contribution in [0.5, 0.6) is 0 Å². The van der Waals surface area contributed by atoms with Crippen LogP contribution in [0, 0.1) is 17.8 Å². The third kappa shape index (κ3) is 10.6. The zero-order chi connectivity index (χ0) is 39.6. The molecule has 2 fully saturated rings. The third-order valence-corrected chi connectivity index (χ3v) is 11.9. The van der Waals surface area contributed by atoms with Gasteiger partial charge in [-0.05, 0) is 70.6 Å². The molecule has 4 amide bonds. The number of carboxylic acid groups (broad SMARTS) is 1. The summed E-state index contributed by atoms with van der Waals surface area (Å²) < 4.78 is 11.9. The first kappa shape index (κ1) is 44.0. The number of methoxy groups -OCH3 is 2. The van der Waals surface area contributed by atoms with Crippen LogP contribution in [0.15, 0.2) is 30.3 Å². The second-order valence-electron chi connectivity index (χ2n) is 15.7. The molecule has 0 unspecified atom stereocenters. The van der Waals surface area contributed by atoms with Crippen molar-refractivity contribution in [2.75, 3.05) is 41.4 Å². The van der Waals surface area contributed by atoms with E-state index < -0.39 is 53.7 Å². The van der Waals surface area contributed by atoms with Crippen molar-refractivity contribution in [3.8, 4) is 0 Å². The highest BCUT2D eigenvalue weighted by molar-refractivity contribution is 6.02. The first-order valence-corrected chi connectivity index (χ1v) is 19.2. The second-order valence-corrected chi connectivity index (χ2v) is 15.7. The minimum absolute atomic E-state index is 0.0314. The fourth-order valence-corrected chi connectivity index (χ4v) is 8.39. The van der Waals surface area contributed by atoms with E-state index in [0.29, 0.717) is 19.4 Å². The third-order valence-electron chi connectivity index (χ3n) is 11.9. The zero-order valence-electron chi connectivity index (χ0n) is 33.6. The van der Waals surface area contributed by atoms with Gasteiger partial charge in [0.1, 0.15) is 6.04 Å². The molecule has 2 heterocycles. The van der Waals surface area contributed by atoms with Gasteiger partial charge < -0.3 is 24.8 Å². The largest absolute Gasteiger partial charge is 0.480 e. The Morgan fingerprint density at radius 3 is 2.19 bits per heavy atom. The summed E-state index contributed by atoms with van der Waals surface area (Å²) in [5.74, 6) is -3.27. The number of carbonyl (C=O) groups excluding carboxylic acids is 4. The molecule has 13 heteroatoms. The molecule has 3 N–H and O–H groups in total. The normalized spacial score (nSPS) is 23.2.